The molecule has 0 aliphatic rings. The van der Waals surface area contributed by atoms with Gasteiger partial charge in [0.05, 0.1) is 5.25 Å². The number of thioether (sulfide) groups is 1. The van der Waals surface area contributed by atoms with Crippen LogP contribution >= 0.6 is 11.8 Å². The van der Waals surface area contributed by atoms with Crippen molar-refractivity contribution in [3.8, 4) is 11.1 Å². The van der Waals surface area contributed by atoms with Gasteiger partial charge in [-0.15, -0.1) is 11.8 Å². The van der Waals surface area contributed by atoms with E-state index in [0.29, 0.717) is 0 Å². The second-order valence-corrected chi connectivity index (χ2v) is 7.89. The molecule has 2 N–H and O–H groups in total. The highest BCUT2D eigenvalue weighted by Crippen LogP contribution is 2.28. The van der Waals surface area contributed by atoms with Crippen LogP contribution in [0.4, 0.5) is 5.82 Å². The lowest BCUT2D eigenvalue weighted by Crippen LogP contribution is -2.42. The Labute approximate surface area is 166 Å². The zero-order chi connectivity index (χ0) is 20.4. The fourth-order valence-corrected chi connectivity index (χ4v) is 3.84. The molecule has 7 heteroatoms. The number of nitrogens with two attached hydrogens (primary N) is 1. The first-order chi connectivity index (χ1) is 13.3. The molecule has 0 saturated heterocycles. The normalized spacial score (nSPS) is 12.0. The topological polar surface area (TPSA) is 87.1 Å². The van der Waals surface area contributed by atoms with Gasteiger partial charge < -0.3 is 5.73 Å². The van der Waals surface area contributed by atoms with Crippen LogP contribution in [0.3, 0.4) is 0 Å². The Balaban J connectivity index is 1.84. The molecule has 0 spiro atoms. The second-order valence-electron chi connectivity index (χ2n) is 6.48. The minimum atomic E-state index is -0.669. The van der Waals surface area contributed by atoms with Crippen LogP contribution in [0, 0.1) is 0 Å². The Bertz CT molecular complexity index is 1130. The van der Waals surface area contributed by atoms with Crippen molar-refractivity contribution in [3.05, 3.63) is 81.0 Å². The Morgan fingerprint density at radius 1 is 0.929 bits per heavy atom. The molecule has 144 valence electrons. The number of carbonyl (C=O) groups excluding carboxylic acids is 1. The highest BCUT2D eigenvalue weighted by atomic mass is 32.2. The quantitative estimate of drug-likeness (QED) is 0.530. The lowest BCUT2D eigenvalue weighted by molar-refractivity contribution is 0.0992. The first-order valence-electron chi connectivity index (χ1n) is 8.73. The van der Waals surface area contributed by atoms with E-state index in [-0.39, 0.29) is 11.4 Å². The maximum Gasteiger partial charge on any atom is 0.332 e. The van der Waals surface area contributed by atoms with Crippen LogP contribution in [-0.4, -0.2) is 20.2 Å². The van der Waals surface area contributed by atoms with Gasteiger partial charge in [-0.25, -0.2) is 4.79 Å². The Kier molecular flexibility index (Phi) is 5.56. The van der Waals surface area contributed by atoms with E-state index in [1.807, 2.05) is 54.6 Å². The Morgan fingerprint density at radius 2 is 1.50 bits per heavy atom. The molecule has 1 aromatic heterocycles. The third-order valence-electron chi connectivity index (χ3n) is 4.60. The van der Waals surface area contributed by atoms with Crippen molar-refractivity contribution < 1.29 is 4.79 Å². The highest BCUT2D eigenvalue weighted by molar-refractivity contribution is 8.00. The van der Waals surface area contributed by atoms with Gasteiger partial charge in [0.1, 0.15) is 11.4 Å². The molecule has 0 fully saturated rings. The largest absolute Gasteiger partial charge is 0.384 e. The minimum absolute atomic E-state index is 0.107. The Hall–Kier alpha value is -3.06. The summed E-state index contributed by atoms with van der Waals surface area (Å²) in [5.41, 5.74) is 6.71. The third kappa shape index (κ3) is 3.66. The molecule has 3 rings (SSSR count). The number of aromatic nitrogens is 2. The smallest absolute Gasteiger partial charge is 0.332 e. The molecular formula is C21H21N3O3S. The average Bonchev–Trinajstić information content (AvgIpc) is 2.72. The van der Waals surface area contributed by atoms with Gasteiger partial charge in [-0.1, -0.05) is 42.5 Å². The molecule has 1 atom stereocenters. The SMILES string of the molecule is C[C@H](Sc1ccc(-c2ccccc2)cc1)C(=O)c1c(N)n(C)c(=O)n(C)c1=O. The second kappa shape index (κ2) is 7.90. The van der Waals surface area contributed by atoms with Crippen molar-refractivity contribution in [1.82, 2.24) is 9.13 Å². The number of Topliss-reactive ketones (excluding diaryl/α,β-unsaturated/α-hetero) is 1. The summed E-state index contributed by atoms with van der Waals surface area (Å²) in [6.07, 6.45) is 0. The van der Waals surface area contributed by atoms with E-state index >= 15 is 0 Å². The van der Waals surface area contributed by atoms with Crippen LogP contribution < -0.4 is 17.0 Å². The fraction of sp³-hybridized carbons (Fsp3) is 0.190. The molecule has 0 unspecified atom stereocenters. The van der Waals surface area contributed by atoms with Gasteiger partial charge in [-0.05, 0) is 30.2 Å². The molecular weight excluding hydrogens is 374 g/mol. The molecule has 0 radical (unpaired) electrons. The van der Waals surface area contributed by atoms with E-state index in [1.54, 1.807) is 6.92 Å². The van der Waals surface area contributed by atoms with E-state index < -0.39 is 22.3 Å². The molecule has 3 aromatic rings. The van der Waals surface area contributed by atoms with Gasteiger partial charge >= 0.3 is 5.69 Å². The van der Waals surface area contributed by atoms with Gasteiger partial charge in [0.15, 0.2) is 5.78 Å². The van der Waals surface area contributed by atoms with Crippen LogP contribution in [0.5, 0.6) is 0 Å². The minimum Gasteiger partial charge on any atom is -0.384 e. The summed E-state index contributed by atoms with van der Waals surface area (Å²) in [6, 6.07) is 17.9. The first kappa shape index (κ1) is 19.7. The van der Waals surface area contributed by atoms with Crippen LogP contribution in [0.2, 0.25) is 0 Å². The van der Waals surface area contributed by atoms with Crippen molar-refractivity contribution in [2.24, 2.45) is 14.1 Å². The summed E-state index contributed by atoms with van der Waals surface area (Å²) in [7, 11) is 2.77. The standard InChI is InChI=1S/C21H21N3O3S/c1-13(18(25)17-19(22)23(2)21(27)24(3)20(17)26)28-16-11-9-15(10-12-16)14-7-5-4-6-8-14/h4-13H,22H2,1-3H3/t13-/m0/s1. The van der Waals surface area contributed by atoms with E-state index in [9.17, 15) is 14.4 Å². The summed E-state index contributed by atoms with van der Waals surface area (Å²) in [5, 5.41) is -0.532. The average molecular weight is 395 g/mol. The molecule has 28 heavy (non-hydrogen) atoms. The number of nitrogens with zero attached hydrogens (tertiary/aromatic N) is 2. The van der Waals surface area contributed by atoms with Crippen LogP contribution in [0.25, 0.3) is 11.1 Å². The van der Waals surface area contributed by atoms with Gasteiger partial charge in [-0.2, -0.15) is 0 Å². The highest BCUT2D eigenvalue weighted by Gasteiger charge is 2.25. The van der Waals surface area contributed by atoms with Gasteiger partial charge in [0.25, 0.3) is 5.56 Å². The summed E-state index contributed by atoms with van der Waals surface area (Å²) < 4.78 is 2.01. The lowest BCUT2D eigenvalue weighted by Gasteiger charge is -2.14. The number of anilines is 1. The zero-order valence-electron chi connectivity index (χ0n) is 15.9. The maximum absolute atomic E-state index is 12.9. The van der Waals surface area contributed by atoms with Crippen molar-refractivity contribution in [2.75, 3.05) is 5.73 Å². The van der Waals surface area contributed by atoms with Crippen LogP contribution in [0.15, 0.2) is 69.1 Å². The number of hydrogen-bond donors (Lipinski definition) is 1. The number of rotatable bonds is 5. The number of ketones is 1. The fourth-order valence-electron chi connectivity index (χ4n) is 2.91. The number of nitrogen functional groups attached to an aromatic ring is 1. The monoisotopic (exact) mass is 395 g/mol. The third-order valence-corrected chi connectivity index (χ3v) is 5.71. The first-order valence-corrected chi connectivity index (χ1v) is 9.61. The summed E-state index contributed by atoms with van der Waals surface area (Å²) in [5.74, 6) is -0.504. The molecule has 0 aliphatic heterocycles. The van der Waals surface area contributed by atoms with E-state index in [2.05, 4.69) is 0 Å². The van der Waals surface area contributed by atoms with Crippen molar-refractivity contribution in [1.29, 1.82) is 0 Å². The van der Waals surface area contributed by atoms with Crippen LogP contribution in [0.1, 0.15) is 17.3 Å². The predicted molar refractivity (Wildman–Crippen MR) is 113 cm³/mol. The number of hydrogen-bond acceptors (Lipinski definition) is 5. The van der Waals surface area contributed by atoms with Gasteiger partial charge in [-0.3, -0.25) is 18.7 Å². The number of benzene rings is 2. The van der Waals surface area contributed by atoms with E-state index in [1.165, 1.54) is 25.9 Å². The van der Waals surface area contributed by atoms with E-state index in [0.717, 1.165) is 25.2 Å². The van der Waals surface area contributed by atoms with Crippen molar-refractivity contribution >= 4 is 23.4 Å². The zero-order valence-corrected chi connectivity index (χ0v) is 16.7. The molecule has 2 aromatic carbocycles. The summed E-state index contributed by atoms with van der Waals surface area (Å²) in [6.45, 7) is 1.72. The molecule has 0 saturated carbocycles. The van der Waals surface area contributed by atoms with Crippen LogP contribution in [-0.2, 0) is 14.1 Å². The van der Waals surface area contributed by atoms with E-state index in [4.69, 9.17) is 5.73 Å². The predicted octanol–water partition coefficient (Wildman–Crippen LogP) is 2.70. The number of carbonyl (C=O) groups is 1. The molecule has 0 amide bonds. The van der Waals surface area contributed by atoms with Gasteiger partial charge in [0.2, 0.25) is 0 Å². The molecule has 0 bridgehead atoms. The molecule has 1 heterocycles. The maximum atomic E-state index is 12.9. The summed E-state index contributed by atoms with van der Waals surface area (Å²) in [4.78, 5) is 38.1. The summed E-state index contributed by atoms with van der Waals surface area (Å²) >= 11 is 1.34. The molecule has 6 nitrogen and oxygen atoms in total. The van der Waals surface area contributed by atoms with Gasteiger partial charge in [0, 0.05) is 19.0 Å². The Morgan fingerprint density at radius 3 is 2.11 bits per heavy atom. The van der Waals surface area contributed by atoms with Crippen molar-refractivity contribution in [3.63, 3.8) is 0 Å². The molecule has 0 aliphatic carbocycles. The lowest BCUT2D eigenvalue weighted by atomic mass is 10.1. The van der Waals surface area contributed by atoms with Crippen molar-refractivity contribution in [2.45, 2.75) is 17.1 Å².